The molecule has 110 valence electrons. The SMILES string of the molecule is COc1ccc(C(=O)O)cc1Cn1cc(C)c(=O)[nH]c1=O. The molecule has 0 fully saturated rings. The van der Waals surface area contributed by atoms with Crippen molar-refractivity contribution in [3.05, 3.63) is 61.9 Å². The van der Waals surface area contributed by atoms with E-state index in [9.17, 15) is 14.4 Å². The fourth-order valence-corrected chi connectivity index (χ4v) is 1.95. The summed E-state index contributed by atoms with van der Waals surface area (Å²) < 4.78 is 6.46. The summed E-state index contributed by atoms with van der Waals surface area (Å²) in [6.45, 7) is 1.68. The van der Waals surface area contributed by atoms with Gasteiger partial charge >= 0.3 is 11.7 Å². The number of aryl methyl sites for hydroxylation is 1. The standard InChI is InChI=1S/C14H14N2O5/c1-8-6-16(14(20)15-12(8)17)7-10-5-9(13(18)19)3-4-11(10)21-2/h3-6H,7H2,1-2H3,(H,18,19)(H,15,17,20). The van der Waals surface area contributed by atoms with Crippen LogP contribution in [0.15, 0.2) is 34.0 Å². The maximum absolute atomic E-state index is 11.8. The number of benzene rings is 1. The molecule has 0 unspecified atom stereocenters. The van der Waals surface area contributed by atoms with Crippen LogP contribution in [0.5, 0.6) is 5.75 Å². The molecule has 0 atom stereocenters. The summed E-state index contributed by atoms with van der Waals surface area (Å²) >= 11 is 0. The largest absolute Gasteiger partial charge is 0.496 e. The van der Waals surface area contributed by atoms with Crippen LogP contribution < -0.4 is 16.0 Å². The number of aromatic nitrogens is 2. The summed E-state index contributed by atoms with van der Waals surface area (Å²) in [4.78, 5) is 36.3. The molecule has 0 spiro atoms. The van der Waals surface area contributed by atoms with Crippen molar-refractivity contribution in [2.24, 2.45) is 0 Å². The molecule has 1 heterocycles. The first-order chi connectivity index (χ1) is 9.92. The number of carbonyl (C=O) groups is 1. The zero-order valence-electron chi connectivity index (χ0n) is 11.5. The maximum Gasteiger partial charge on any atom is 0.335 e. The molecule has 21 heavy (non-hydrogen) atoms. The lowest BCUT2D eigenvalue weighted by Gasteiger charge is -2.11. The normalized spacial score (nSPS) is 10.4. The first-order valence-electron chi connectivity index (χ1n) is 6.13. The molecule has 0 radical (unpaired) electrons. The molecule has 7 heteroatoms. The predicted octanol–water partition coefficient (Wildman–Crippen LogP) is 0.600. The van der Waals surface area contributed by atoms with Crippen LogP contribution in [0.3, 0.4) is 0 Å². The number of carboxylic acids is 1. The Bertz CT molecular complexity index is 804. The van der Waals surface area contributed by atoms with Gasteiger partial charge in [0.2, 0.25) is 0 Å². The number of ether oxygens (including phenoxy) is 1. The van der Waals surface area contributed by atoms with Gasteiger partial charge in [-0.25, -0.2) is 9.59 Å². The molecule has 2 aromatic rings. The van der Waals surface area contributed by atoms with Crippen LogP contribution in [-0.4, -0.2) is 27.7 Å². The highest BCUT2D eigenvalue weighted by Gasteiger charge is 2.11. The summed E-state index contributed by atoms with van der Waals surface area (Å²) in [5.41, 5.74) is 0.0183. The monoisotopic (exact) mass is 290 g/mol. The second kappa shape index (κ2) is 5.66. The van der Waals surface area contributed by atoms with E-state index in [-0.39, 0.29) is 12.1 Å². The second-order valence-electron chi connectivity index (χ2n) is 4.53. The maximum atomic E-state index is 11.8. The average Bonchev–Trinajstić information content (AvgIpc) is 2.44. The van der Waals surface area contributed by atoms with E-state index in [4.69, 9.17) is 9.84 Å². The Labute approximate surface area is 119 Å². The van der Waals surface area contributed by atoms with Crippen molar-refractivity contribution in [3.63, 3.8) is 0 Å². The van der Waals surface area contributed by atoms with Crippen molar-refractivity contribution in [2.75, 3.05) is 7.11 Å². The third kappa shape index (κ3) is 3.02. The van der Waals surface area contributed by atoms with Gasteiger partial charge in [-0.1, -0.05) is 0 Å². The molecule has 0 aliphatic heterocycles. The summed E-state index contributed by atoms with van der Waals surface area (Å²) in [5, 5.41) is 9.02. The van der Waals surface area contributed by atoms with Crippen LogP contribution in [-0.2, 0) is 6.54 Å². The Morgan fingerprint density at radius 3 is 2.71 bits per heavy atom. The average molecular weight is 290 g/mol. The third-order valence-corrected chi connectivity index (χ3v) is 3.06. The Morgan fingerprint density at radius 1 is 1.38 bits per heavy atom. The number of hydrogen-bond donors (Lipinski definition) is 2. The minimum Gasteiger partial charge on any atom is -0.496 e. The number of nitrogens with zero attached hydrogens (tertiary/aromatic N) is 1. The number of H-pyrrole nitrogens is 1. The molecule has 0 aliphatic rings. The van der Waals surface area contributed by atoms with Crippen molar-refractivity contribution < 1.29 is 14.6 Å². The predicted molar refractivity (Wildman–Crippen MR) is 75.1 cm³/mol. The van der Waals surface area contributed by atoms with Gasteiger partial charge in [0.1, 0.15) is 5.75 Å². The topological polar surface area (TPSA) is 101 Å². The van der Waals surface area contributed by atoms with Crippen molar-refractivity contribution in [1.82, 2.24) is 9.55 Å². The lowest BCUT2D eigenvalue weighted by atomic mass is 10.1. The molecule has 0 amide bonds. The summed E-state index contributed by atoms with van der Waals surface area (Å²) in [6, 6.07) is 4.39. The highest BCUT2D eigenvalue weighted by molar-refractivity contribution is 5.88. The molecule has 2 N–H and O–H groups in total. The fraction of sp³-hybridized carbons (Fsp3) is 0.214. The summed E-state index contributed by atoms with van der Waals surface area (Å²) in [5.74, 6) is -0.598. The smallest absolute Gasteiger partial charge is 0.335 e. The van der Waals surface area contributed by atoms with Crippen molar-refractivity contribution in [2.45, 2.75) is 13.5 Å². The van der Waals surface area contributed by atoms with E-state index < -0.39 is 17.2 Å². The van der Waals surface area contributed by atoms with E-state index in [2.05, 4.69) is 4.98 Å². The van der Waals surface area contributed by atoms with E-state index in [0.717, 1.165) is 0 Å². The fourth-order valence-electron chi connectivity index (χ4n) is 1.95. The van der Waals surface area contributed by atoms with Crippen molar-refractivity contribution in [3.8, 4) is 5.75 Å². The van der Waals surface area contributed by atoms with Crippen molar-refractivity contribution in [1.29, 1.82) is 0 Å². The van der Waals surface area contributed by atoms with Crippen LogP contribution >= 0.6 is 0 Å². The van der Waals surface area contributed by atoms with Crippen LogP contribution in [0.2, 0.25) is 0 Å². The summed E-state index contributed by atoms with van der Waals surface area (Å²) in [6.07, 6.45) is 1.42. The molecular weight excluding hydrogens is 276 g/mol. The minimum absolute atomic E-state index is 0.0972. The molecule has 0 aliphatic carbocycles. The van der Waals surface area contributed by atoms with Gasteiger partial charge in [-0.2, -0.15) is 0 Å². The van der Waals surface area contributed by atoms with Gasteiger partial charge in [-0.15, -0.1) is 0 Å². The van der Waals surface area contributed by atoms with Gasteiger partial charge in [0.15, 0.2) is 0 Å². The van der Waals surface area contributed by atoms with Crippen LogP contribution in [0, 0.1) is 6.92 Å². The quantitative estimate of drug-likeness (QED) is 0.858. The number of hydrogen-bond acceptors (Lipinski definition) is 4. The second-order valence-corrected chi connectivity index (χ2v) is 4.53. The molecule has 2 rings (SSSR count). The zero-order valence-corrected chi connectivity index (χ0v) is 11.5. The highest BCUT2D eigenvalue weighted by Crippen LogP contribution is 2.20. The summed E-state index contributed by atoms with van der Waals surface area (Å²) in [7, 11) is 1.46. The Balaban J connectivity index is 2.50. The number of aromatic amines is 1. The van der Waals surface area contributed by atoms with Crippen LogP contribution in [0.4, 0.5) is 0 Å². The molecule has 0 saturated heterocycles. The van der Waals surface area contributed by atoms with Crippen LogP contribution in [0.25, 0.3) is 0 Å². The highest BCUT2D eigenvalue weighted by atomic mass is 16.5. The van der Waals surface area contributed by atoms with E-state index in [1.54, 1.807) is 6.92 Å². The number of methoxy groups -OCH3 is 1. The lowest BCUT2D eigenvalue weighted by Crippen LogP contribution is -2.31. The zero-order chi connectivity index (χ0) is 15.6. The van der Waals surface area contributed by atoms with Gasteiger partial charge in [0.05, 0.1) is 19.2 Å². The van der Waals surface area contributed by atoms with E-state index >= 15 is 0 Å². The number of aromatic carboxylic acids is 1. The molecule has 1 aromatic heterocycles. The number of rotatable bonds is 4. The first-order valence-corrected chi connectivity index (χ1v) is 6.13. The van der Waals surface area contributed by atoms with Gasteiger partial charge in [0.25, 0.3) is 5.56 Å². The van der Waals surface area contributed by atoms with Crippen molar-refractivity contribution >= 4 is 5.97 Å². The lowest BCUT2D eigenvalue weighted by molar-refractivity contribution is 0.0696. The number of carboxylic acid groups (broad SMARTS) is 1. The molecule has 0 saturated carbocycles. The molecule has 0 bridgehead atoms. The Kier molecular flexibility index (Phi) is 3.93. The molecule has 1 aromatic carbocycles. The van der Waals surface area contributed by atoms with Gasteiger partial charge < -0.3 is 9.84 Å². The number of nitrogens with one attached hydrogen (secondary N) is 1. The van der Waals surface area contributed by atoms with E-state index in [1.165, 1.54) is 36.1 Å². The van der Waals surface area contributed by atoms with E-state index in [1.807, 2.05) is 0 Å². The first kappa shape index (κ1) is 14.6. The minimum atomic E-state index is -1.07. The third-order valence-electron chi connectivity index (χ3n) is 3.06. The Hall–Kier alpha value is -2.83. The van der Waals surface area contributed by atoms with Gasteiger partial charge in [-0.3, -0.25) is 14.3 Å². The van der Waals surface area contributed by atoms with Gasteiger partial charge in [0, 0.05) is 17.3 Å². The van der Waals surface area contributed by atoms with E-state index in [0.29, 0.717) is 16.9 Å². The van der Waals surface area contributed by atoms with Crippen LogP contribution in [0.1, 0.15) is 21.5 Å². The Morgan fingerprint density at radius 2 is 2.10 bits per heavy atom. The van der Waals surface area contributed by atoms with Gasteiger partial charge in [-0.05, 0) is 25.1 Å². The molecular formula is C14H14N2O5. The molecule has 7 nitrogen and oxygen atoms in total.